The largest absolute Gasteiger partial charge is 0.399 e. The molecule has 0 aromatic heterocycles. The number of nitrogen functional groups attached to an aromatic ring is 1. The number of anilines is 3. The molecule has 0 aliphatic rings. The van der Waals surface area contributed by atoms with Crippen molar-refractivity contribution in [1.82, 2.24) is 0 Å². The number of hydrogen-bond donors (Lipinski definition) is 2. The van der Waals surface area contributed by atoms with Crippen LogP contribution in [0.4, 0.5) is 17.1 Å². The van der Waals surface area contributed by atoms with Gasteiger partial charge in [-0.15, -0.1) is 0 Å². The molecule has 0 saturated heterocycles. The number of nitrogens with zero attached hydrogens (tertiary/aromatic N) is 1. The molecule has 0 saturated carbocycles. The van der Waals surface area contributed by atoms with Crippen LogP contribution >= 0.6 is 0 Å². The first kappa shape index (κ1) is 11.0. The van der Waals surface area contributed by atoms with E-state index in [0.29, 0.717) is 11.3 Å². The van der Waals surface area contributed by atoms with Crippen molar-refractivity contribution in [2.45, 2.75) is 6.92 Å². The summed E-state index contributed by atoms with van der Waals surface area (Å²) < 4.78 is 0. The molecular weight excluding hydrogens is 210 g/mol. The summed E-state index contributed by atoms with van der Waals surface area (Å²) in [4.78, 5) is 0. The lowest BCUT2D eigenvalue weighted by Gasteiger charge is -2.09. The van der Waals surface area contributed by atoms with Gasteiger partial charge in [-0.05, 0) is 42.8 Å². The third-order valence-corrected chi connectivity index (χ3v) is 2.46. The summed E-state index contributed by atoms with van der Waals surface area (Å²) in [6, 6.07) is 15.3. The fourth-order valence-corrected chi connectivity index (χ4v) is 1.63. The van der Waals surface area contributed by atoms with Crippen molar-refractivity contribution in [3.8, 4) is 6.07 Å². The predicted molar refractivity (Wildman–Crippen MR) is 70.0 cm³/mol. The molecule has 0 atom stereocenters. The Morgan fingerprint density at radius 3 is 2.71 bits per heavy atom. The molecule has 3 N–H and O–H groups in total. The molecule has 2 aromatic rings. The van der Waals surface area contributed by atoms with Gasteiger partial charge in [-0.2, -0.15) is 5.26 Å². The van der Waals surface area contributed by atoms with E-state index in [-0.39, 0.29) is 0 Å². The van der Waals surface area contributed by atoms with E-state index in [1.165, 1.54) is 0 Å². The van der Waals surface area contributed by atoms with Crippen LogP contribution in [0.15, 0.2) is 42.5 Å². The summed E-state index contributed by atoms with van der Waals surface area (Å²) in [6.07, 6.45) is 0. The quantitative estimate of drug-likeness (QED) is 0.768. The Balaban J connectivity index is 2.34. The number of benzene rings is 2. The van der Waals surface area contributed by atoms with Gasteiger partial charge in [0.2, 0.25) is 0 Å². The number of nitriles is 1. The smallest absolute Gasteiger partial charge is 0.101 e. The highest BCUT2D eigenvalue weighted by Gasteiger charge is 2.02. The molecule has 0 radical (unpaired) electrons. The van der Waals surface area contributed by atoms with Crippen LogP contribution in [-0.4, -0.2) is 0 Å². The van der Waals surface area contributed by atoms with Crippen molar-refractivity contribution in [2.24, 2.45) is 0 Å². The SMILES string of the molecule is Cc1ccc(Nc2cccc(N)c2)c(C#N)c1. The lowest BCUT2D eigenvalue weighted by Crippen LogP contribution is -1.95. The monoisotopic (exact) mass is 223 g/mol. The average molecular weight is 223 g/mol. The number of hydrogen-bond acceptors (Lipinski definition) is 3. The van der Waals surface area contributed by atoms with Crippen molar-refractivity contribution in [1.29, 1.82) is 5.26 Å². The normalized spacial score (nSPS) is 9.65. The minimum Gasteiger partial charge on any atom is -0.399 e. The molecule has 0 unspecified atom stereocenters. The first-order valence-electron chi connectivity index (χ1n) is 5.32. The van der Waals surface area contributed by atoms with Gasteiger partial charge < -0.3 is 11.1 Å². The van der Waals surface area contributed by atoms with Gasteiger partial charge in [-0.25, -0.2) is 0 Å². The molecule has 2 aromatic carbocycles. The van der Waals surface area contributed by atoms with Crippen LogP contribution in [0.1, 0.15) is 11.1 Å². The van der Waals surface area contributed by atoms with Crippen LogP contribution < -0.4 is 11.1 Å². The number of aryl methyl sites for hydroxylation is 1. The Hall–Kier alpha value is -2.47. The molecule has 0 bridgehead atoms. The first-order chi connectivity index (χ1) is 8.19. The topological polar surface area (TPSA) is 61.8 Å². The van der Waals surface area contributed by atoms with Gasteiger partial charge in [0.05, 0.1) is 11.3 Å². The van der Waals surface area contributed by atoms with Gasteiger partial charge in [0.15, 0.2) is 0 Å². The lowest BCUT2D eigenvalue weighted by molar-refractivity contribution is 1.40. The van der Waals surface area contributed by atoms with Gasteiger partial charge in [0.1, 0.15) is 6.07 Å². The molecule has 0 amide bonds. The van der Waals surface area contributed by atoms with E-state index >= 15 is 0 Å². The summed E-state index contributed by atoms with van der Waals surface area (Å²) in [7, 11) is 0. The first-order valence-corrected chi connectivity index (χ1v) is 5.32. The molecule has 3 heteroatoms. The van der Waals surface area contributed by atoms with E-state index in [9.17, 15) is 0 Å². The zero-order valence-electron chi connectivity index (χ0n) is 9.57. The molecule has 3 nitrogen and oxygen atoms in total. The van der Waals surface area contributed by atoms with E-state index in [4.69, 9.17) is 11.0 Å². The van der Waals surface area contributed by atoms with Gasteiger partial charge >= 0.3 is 0 Å². The van der Waals surface area contributed by atoms with Crippen LogP contribution in [0, 0.1) is 18.3 Å². The van der Waals surface area contributed by atoms with Crippen molar-refractivity contribution < 1.29 is 0 Å². The fraction of sp³-hybridized carbons (Fsp3) is 0.0714. The molecule has 2 rings (SSSR count). The Bertz CT molecular complexity index is 582. The fourth-order valence-electron chi connectivity index (χ4n) is 1.63. The maximum absolute atomic E-state index is 9.06. The van der Waals surface area contributed by atoms with Crippen molar-refractivity contribution in [3.05, 3.63) is 53.6 Å². The van der Waals surface area contributed by atoms with Gasteiger partial charge in [-0.3, -0.25) is 0 Å². The Morgan fingerprint density at radius 2 is 2.00 bits per heavy atom. The molecule has 0 heterocycles. The summed E-state index contributed by atoms with van der Waals surface area (Å²) in [5.41, 5.74) is 9.77. The van der Waals surface area contributed by atoms with Crippen LogP contribution in [0.2, 0.25) is 0 Å². The van der Waals surface area contributed by atoms with Crippen LogP contribution in [-0.2, 0) is 0 Å². The predicted octanol–water partition coefficient (Wildman–Crippen LogP) is 3.19. The molecule has 0 fully saturated rings. The average Bonchev–Trinajstić information content (AvgIpc) is 2.31. The highest BCUT2D eigenvalue weighted by atomic mass is 14.9. The summed E-state index contributed by atoms with van der Waals surface area (Å²) in [5.74, 6) is 0. The van der Waals surface area contributed by atoms with E-state index in [0.717, 1.165) is 16.9 Å². The molecule has 17 heavy (non-hydrogen) atoms. The molecule has 0 spiro atoms. The standard InChI is InChI=1S/C14H13N3/c1-10-5-6-14(11(7-10)9-15)17-13-4-2-3-12(16)8-13/h2-8,17H,16H2,1H3. The van der Waals surface area contributed by atoms with Crippen molar-refractivity contribution in [3.63, 3.8) is 0 Å². The minimum atomic E-state index is 0.632. The van der Waals surface area contributed by atoms with Crippen LogP contribution in [0.5, 0.6) is 0 Å². The number of nitrogens with one attached hydrogen (secondary N) is 1. The summed E-state index contributed by atoms with van der Waals surface area (Å²) in [5, 5.41) is 12.2. The van der Waals surface area contributed by atoms with Crippen molar-refractivity contribution >= 4 is 17.1 Å². The molecule has 84 valence electrons. The molecular formula is C14H13N3. The van der Waals surface area contributed by atoms with Crippen LogP contribution in [0.3, 0.4) is 0 Å². The maximum atomic E-state index is 9.06. The van der Waals surface area contributed by atoms with E-state index < -0.39 is 0 Å². The summed E-state index contributed by atoms with van der Waals surface area (Å²) >= 11 is 0. The van der Waals surface area contributed by atoms with E-state index in [1.807, 2.05) is 49.4 Å². The maximum Gasteiger partial charge on any atom is 0.101 e. The second-order valence-corrected chi connectivity index (χ2v) is 3.91. The second-order valence-electron chi connectivity index (χ2n) is 3.91. The second kappa shape index (κ2) is 4.58. The Kier molecular flexibility index (Phi) is 2.97. The highest BCUT2D eigenvalue weighted by Crippen LogP contribution is 2.22. The van der Waals surface area contributed by atoms with Gasteiger partial charge in [0, 0.05) is 11.4 Å². The number of rotatable bonds is 2. The van der Waals surface area contributed by atoms with Gasteiger partial charge in [0.25, 0.3) is 0 Å². The zero-order valence-corrected chi connectivity index (χ0v) is 9.57. The third-order valence-electron chi connectivity index (χ3n) is 2.46. The number of nitrogens with two attached hydrogens (primary N) is 1. The third kappa shape index (κ3) is 2.56. The zero-order chi connectivity index (χ0) is 12.3. The lowest BCUT2D eigenvalue weighted by atomic mass is 10.1. The highest BCUT2D eigenvalue weighted by molar-refractivity contribution is 5.68. The van der Waals surface area contributed by atoms with Crippen molar-refractivity contribution in [2.75, 3.05) is 11.1 Å². The molecule has 0 aliphatic heterocycles. The Morgan fingerprint density at radius 1 is 1.18 bits per heavy atom. The minimum absolute atomic E-state index is 0.632. The van der Waals surface area contributed by atoms with Crippen LogP contribution in [0.25, 0.3) is 0 Å². The summed E-state index contributed by atoms with van der Waals surface area (Å²) in [6.45, 7) is 1.96. The van der Waals surface area contributed by atoms with Gasteiger partial charge in [-0.1, -0.05) is 12.1 Å². The Labute approximate surface area is 101 Å². The van der Waals surface area contributed by atoms with E-state index in [2.05, 4.69) is 11.4 Å². The molecule has 0 aliphatic carbocycles. The van der Waals surface area contributed by atoms with E-state index in [1.54, 1.807) is 0 Å².